The van der Waals surface area contributed by atoms with Crippen LogP contribution in [0.4, 0.5) is 5.82 Å². The topological polar surface area (TPSA) is 28.2 Å². The Balaban J connectivity index is 1.56. The Morgan fingerprint density at radius 3 is 2.94 bits per heavy atom. The molecule has 1 aliphatic carbocycles. The molecule has 1 aromatic rings. The first-order valence-electron chi connectivity index (χ1n) is 6.91. The van der Waals surface area contributed by atoms with Crippen molar-refractivity contribution in [2.45, 2.75) is 31.7 Å². The molecular formula is C14H20ClN3. The summed E-state index contributed by atoms with van der Waals surface area (Å²) in [5.74, 6) is 1.83. The van der Waals surface area contributed by atoms with Gasteiger partial charge in [-0.25, -0.2) is 4.98 Å². The van der Waals surface area contributed by atoms with Crippen molar-refractivity contribution >= 4 is 17.4 Å². The third-order valence-electron chi connectivity index (χ3n) is 3.83. The van der Waals surface area contributed by atoms with Crippen molar-refractivity contribution in [2.24, 2.45) is 5.92 Å². The minimum atomic E-state index is 0.711. The van der Waals surface area contributed by atoms with Gasteiger partial charge in [-0.2, -0.15) is 0 Å². The number of aromatic nitrogens is 1. The zero-order chi connectivity index (χ0) is 12.4. The van der Waals surface area contributed by atoms with Gasteiger partial charge in [-0.05, 0) is 50.3 Å². The van der Waals surface area contributed by atoms with Crippen LogP contribution in [0.15, 0.2) is 18.3 Å². The number of anilines is 1. The molecule has 0 amide bonds. The van der Waals surface area contributed by atoms with E-state index in [2.05, 4.69) is 15.2 Å². The number of rotatable bonds is 4. The van der Waals surface area contributed by atoms with Crippen LogP contribution in [0.3, 0.4) is 0 Å². The van der Waals surface area contributed by atoms with Crippen molar-refractivity contribution in [3.63, 3.8) is 0 Å². The zero-order valence-corrected chi connectivity index (χ0v) is 11.4. The molecule has 1 saturated heterocycles. The molecule has 1 N–H and O–H groups in total. The molecule has 1 atom stereocenters. The molecular weight excluding hydrogens is 246 g/mol. The number of nitrogens with zero attached hydrogens (tertiary/aromatic N) is 2. The second kappa shape index (κ2) is 5.45. The quantitative estimate of drug-likeness (QED) is 0.907. The molecule has 4 heteroatoms. The molecule has 1 aliphatic heterocycles. The van der Waals surface area contributed by atoms with E-state index in [-0.39, 0.29) is 0 Å². The largest absolute Gasteiger partial charge is 0.356 e. The molecule has 18 heavy (non-hydrogen) atoms. The number of halogens is 1. The summed E-state index contributed by atoms with van der Waals surface area (Å²) in [4.78, 5) is 6.81. The Morgan fingerprint density at radius 1 is 1.33 bits per heavy atom. The van der Waals surface area contributed by atoms with Crippen LogP contribution in [0.1, 0.15) is 25.7 Å². The van der Waals surface area contributed by atoms with E-state index in [0.717, 1.165) is 37.4 Å². The molecule has 0 bridgehead atoms. The van der Waals surface area contributed by atoms with Gasteiger partial charge in [-0.3, -0.25) is 0 Å². The van der Waals surface area contributed by atoms with Crippen LogP contribution in [-0.2, 0) is 0 Å². The van der Waals surface area contributed by atoms with Crippen LogP contribution in [0.25, 0.3) is 0 Å². The Kier molecular flexibility index (Phi) is 3.71. The van der Waals surface area contributed by atoms with Crippen LogP contribution in [0.5, 0.6) is 0 Å². The maximum atomic E-state index is 5.88. The lowest BCUT2D eigenvalue weighted by Crippen LogP contribution is -2.40. The van der Waals surface area contributed by atoms with Gasteiger partial charge < -0.3 is 10.2 Å². The molecule has 98 valence electrons. The van der Waals surface area contributed by atoms with Gasteiger partial charge >= 0.3 is 0 Å². The van der Waals surface area contributed by atoms with Crippen molar-refractivity contribution in [1.29, 1.82) is 0 Å². The fourth-order valence-electron chi connectivity index (χ4n) is 2.62. The molecule has 1 unspecified atom stereocenters. The molecule has 1 saturated carbocycles. The van der Waals surface area contributed by atoms with E-state index in [1.165, 1.54) is 25.7 Å². The van der Waals surface area contributed by atoms with Gasteiger partial charge in [0.25, 0.3) is 0 Å². The van der Waals surface area contributed by atoms with Gasteiger partial charge in [0.2, 0.25) is 0 Å². The summed E-state index contributed by atoms with van der Waals surface area (Å²) < 4.78 is 0. The highest BCUT2D eigenvalue weighted by molar-refractivity contribution is 6.30. The van der Waals surface area contributed by atoms with E-state index in [1.807, 2.05) is 12.1 Å². The van der Waals surface area contributed by atoms with E-state index in [4.69, 9.17) is 11.6 Å². The summed E-state index contributed by atoms with van der Waals surface area (Å²) in [6.07, 6.45) is 7.08. The van der Waals surface area contributed by atoms with Crippen LogP contribution in [-0.4, -0.2) is 30.7 Å². The fourth-order valence-corrected chi connectivity index (χ4v) is 2.73. The van der Waals surface area contributed by atoms with Crippen molar-refractivity contribution in [1.82, 2.24) is 10.3 Å². The van der Waals surface area contributed by atoms with E-state index < -0.39 is 0 Å². The maximum absolute atomic E-state index is 5.88. The molecule has 2 fully saturated rings. The third-order valence-corrected chi connectivity index (χ3v) is 4.05. The molecule has 2 heterocycles. The number of hydrogen-bond acceptors (Lipinski definition) is 3. The Morgan fingerprint density at radius 2 is 2.22 bits per heavy atom. The van der Waals surface area contributed by atoms with Gasteiger partial charge in [0.1, 0.15) is 5.82 Å². The van der Waals surface area contributed by atoms with E-state index in [0.29, 0.717) is 5.02 Å². The highest BCUT2D eigenvalue weighted by Crippen LogP contribution is 2.24. The van der Waals surface area contributed by atoms with Gasteiger partial charge in [-0.1, -0.05) is 11.6 Å². The summed E-state index contributed by atoms with van der Waals surface area (Å²) in [5, 5.41) is 4.35. The van der Waals surface area contributed by atoms with Crippen molar-refractivity contribution in [3.05, 3.63) is 23.4 Å². The second-order valence-electron chi connectivity index (χ2n) is 5.47. The Hall–Kier alpha value is -0.800. The molecule has 3 rings (SSSR count). The van der Waals surface area contributed by atoms with E-state index in [9.17, 15) is 0 Å². The molecule has 0 radical (unpaired) electrons. The molecule has 0 aromatic carbocycles. The third kappa shape index (κ3) is 3.15. The lowest BCUT2D eigenvalue weighted by Gasteiger charge is -2.33. The predicted molar refractivity (Wildman–Crippen MR) is 75.2 cm³/mol. The number of hydrogen-bond donors (Lipinski definition) is 1. The second-order valence-corrected chi connectivity index (χ2v) is 5.91. The maximum Gasteiger partial charge on any atom is 0.128 e. The van der Waals surface area contributed by atoms with E-state index >= 15 is 0 Å². The summed E-state index contributed by atoms with van der Waals surface area (Å²) in [7, 11) is 0. The molecule has 2 aliphatic rings. The molecule has 3 nitrogen and oxygen atoms in total. The van der Waals surface area contributed by atoms with Crippen molar-refractivity contribution in [2.75, 3.05) is 24.5 Å². The van der Waals surface area contributed by atoms with Gasteiger partial charge in [0.05, 0.1) is 5.02 Å². The minimum Gasteiger partial charge on any atom is -0.356 e. The summed E-state index contributed by atoms with van der Waals surface area (Å²) in [6, 6.07) is 4.77. The first kappa shape index (κ1) is 12.2. The first-order valence-corrected chi connectivity index (χ1v) is 7.29. The van der Waals surface area contributed by atoms with Crippen molar-refractivity contribution in [3.8, 4) is 0 Å². The van der Waals surface area contributed by atoms with Gasteiger partial charge in [0, 0.05) is 25.3 Å². The summed E-state index contributed by atoms with van der Waals surface area (Å²) in [6.45, 7) is 3.40. The van der Waals surface area contributed by atoms with Gasteiger partial charge in [-0.15, -0.1) is 0 Å². The highest BCUT2D eigenvalue weighted by atomic mass is 35.5. The summed E-state index contributed by atoms with van der Waals surface area (Å²) >= 11 is 5.88. The van der Waals surface area contributed by atoms with Crippen LogP contribution in [0.2, 0.25) is 5.02 Å². The van der Waals surface area contributed by atoms with Crippen molar-refractivity contribution < 1.29 is 0 Å². The average Bonchev–Trinajstić information content (AvgIpc) is 3.22. The Bertz CT molecular complexity index is 389. The lowest BCUT2D eigenvalue weighted by atomic mass is 9.98. The summed E-state index contributed by atoms with van der Waals surface area (Å²) in [5.41, 5.74) is 0. The molecule has 0 spiro atoms. The number of piperidine rings is 1. The smallest absolute Gasteiger partial charge is 0.128 e. The van der Waals surface area contributed by atoms with Gasteiger partial charge in [0.15, 0.2) is 0 Å². The Labute approximate surface area is 114 Å². The number of pyridine rings is 1. The average molecular weight is 266 g/mol. The lowest BCUT2D eigenvalue weighted by molar-refractivity contribution is 0.389. The predicted octanol–water partition coefficient (Wildman–Crippen LogP) is 2.70. The van der Waals surface area contributed by atoms with Crippen LogP contribution < -0.4 is 10.2 Å². The van der Waals surface area contributed by atoms with Crippen LogP contribution in [0, 0.1) is 5.92 Å². The normalized spacial score (nSPS) is 24.3. The monoisotopic (exact) mass is 265 g/mol. The van der Waals surface area contributed by atoms with E-state index in [1.54, 1.807) is 6.20 Å². The number of nitrogens with one attached hydrogen (secondary N) is 1. The van der Waals surface area contributed by atoms with Crippen LogP contribution >= 0.6 is 11.6 Å². The minimum absolute atomic E-state index is 0.711. The highest BCUT2D eigenvalue weighted by Gasteiger charge is 2.25. The first-order chi connectivity index (χ1) is 8.81. The standard InChI is InChI=1S/C14H20ClN3/c15-12-3-6-14(17-9-12)18-7-1-2-11(10-18)8-16-13-4-5-13/h3,6,9,11,13,16H,1-2,4-5,7-8,10H2. The SMILES string of the molecule is Clc1ccc(N2CCCC(CNC3CC3)C2)nc1. The zero-order valence-electron chi connectivity index (χ0n) is 10.6. The molecule has 1 aromatic heterocycles. The fraction of sp³-hybridized carbons (Fsp3) is 0.643.